The lowest BCUT2D eigenvalue weighted by molar-refractivity contribution is -0.143. The fraction of sp³-hybridized carbons (Fsp3) is 0.576. The standard InChI is InChI=1S/C33H41FN6O6/c1-32(2,3)29(43)37-25-13-8-6-4-5-7-11-21-15-33(21,30(44)36-19-35)38-27(41)26-14-22(17-40(26)28(25)42)46-31(45)39-16-20-10-9-12-24(34)23(20)18-39/h7,9-12,21-22,25-26H,4-6,8,13-18H2,1-3H3,(H,36,44)(H,37,43)(H,38,41)/t21-,22-,25+,26?,33-/m1/s1. The molecular formula is C33H41FN6O6. The van der Waals surface area contributed by atoms with Gasteiger partial charge in [-0.1, -0.05) is 57.9 Å². The Morgan fingerprint density at radius 1 is 1.15 bits per heavy atom. The van der Waals surface area contributed by atoms with Crippen LogP contribution in [0.3, 0.4) is 0 Å². The number of allylic oxidation sites excluding steroid dienone is 1. The summed E-state index contributed by atoms with van der Waals surface area (Å²) in [6, 6.07) is 2.62. The number of nitrogens with zero attached hydrogens (tertiary/aromatic N) is 3. The Balaban J connectivity index is 1.40. The lowest BCUT2D eigenvalue weighted by atomic mass is 9.94. The third kappa shape index (κ3) is 6.85. The van der Waals surface area contributed by atoms with Crippen molar-refractivity contribution >= 4 is 29.7 Å². The molecule has 246 valence electrons. The van der Waals surface area contributed by atoms with Crippen molar-refractivity contribution < 1.29 is 33.1 Å². The van der Waals surface area contributed by atoms with E-state index in [1.165, 1.54) is 15.9 Å². The van der Waals surface area contributed by atoms with Crippen LogP contribution in [0.2, 0.25) is 0 Å². The maximum absolute atomic E-state index is 14.3. The molecule has 12 nitrogen and oxygen atoms in total. The Hall–Kier alpha value is -4.47. The Bertz CT molecular complexity index is 1480. The number of amides is 5. The highest BCUT2D eigenvalue weighted by molar-refractivity contribution is 5.99. The molecule has 4 aliphatic rings. The first-order valence-electron chi connectivity index (χ1n) is 15.9. The number of hydrogen-bond donors (Lipinski definition) is 3. The lowest BCUT2D eigenvalue weighted by Gasteiger charge is -2.31. The SMILES string of the molecule is CC(C)(C)C(=O)N[C@H]1CCCCCC=C[C@@H]2C[C@@]2(C(=O)NC#N)NC(=O)C2C[C@@H](OC(=O)N3Cc4cccc(F)c4C3)CN2C1=O. The van der Waals surface area contributed by atoms with Gasteiger partial charge in [-0.3, -0.25) is 29.4 Å². The molecule has 1 saturated carbocycles. The summed E-state index contributed by atoms with van der Waals surface area (Å²) in [7, 11) is 0. The second kappa shape index (κ2) is 13.1. The quantitative estimate of drug-likeness (QED) is 0.261. The first kappa shape index (κ1) is 32.9. The molecule has 3 aliphatic heterocycles. The van der Waals surface area contributed by atoms with Gasteiger partial charge in [0.25, 0.3) is 5.91 Å². The summed E-state index contributed by atoms with van der Waals surface area (Å²) >= 11 is 0. The largest absolute Gasteiger partial charge is 0.444 e. The zero-order chi connectivity index (χ0) is 33.2. The number of carbonyl (C=O) groups is 5. The molecule has 0 spiro atoms. The summed E-state index contributed by atoms with van der Waals surface area (Å²) < 4.78 is 20.1. The van der Waals surface area contributed by atoms with Crippen LogP contribution in [-0.4, -0.2) is 69.8 Å². The molecule has 13 heteroatoms. The number of nitrogens with one attached hydrogen (secondary N) is 3. The molecule has 2 fully saturated rings. The minimum atomic E-state index is -1.35. The molecule has 1 unspecified atom stereocenters. The molecule has 5 rings (SSSR count). The van der Waals surface area contributed by atoms with Crippen LogP contribution >= 0.6 is 0 Å². The van der Waals surface area contributed by atoms with E-state index in [1.807, 2.05) is 12.2 Å². The van der Waals surface area contributed by atoms with Crippen LogP contribution in [0.25, 0.3) is 0 Å². The number of benzene rings is 1. The topological polar surface area (TPSA) is 161 Å². The second-order valence-corrected chi connectivity index (χ2v) is 13.7. The van der Waals surface area contributed by atoms with E-state index in [9.17, 15) is 28.4 Å². The van der Waals surface area contributed by atoms with E-state index in [4.69, 9.17) is 10.00 Å². The Kier molecular flexibility index (Phi) is 9.37. The van der Waals surface area contributed by atoms with Crippen LogP contribution in [0, 0.1) is 28.6 Å². The minimum Gasteiger partial charge on any atom is -0.444 e. The van der Waals surface area contributed by atoms with E-state index in [1.54, 1.807) is 39.1 Å². The fourth-order valence-corrected chi connectivity index (χ4v) is 6.43. The van der Waals surface area contributed by atoms with Gasteiger partial charge in [0.2, 0.25) is 17.7 Å². The summed E-state index contributed by atoms with van der Waals surface area (Å²) in [5.41, 5.74) is -1.02. The highest BCUT2D eigenvalue weighted by atomic mass is 19.1. The lowest BCUT2D eigenvalue weighted by Crippen LogP contribution is -2.58. The Morgan fingerprint density at radius 2 is 1.93 bits per heavy atom. The molecule has 3 N–H and O–H groups in total. The van der Waals surface area contributed by atoms with Gasteiger partial charge in [0.15, 0.2) is 6.19 Å². The van der Waals surface area contributed by atoms with E-state index >= 15 is 0 Å². The molecule has 1 aromatic carbocycles. The maximum Gasteiger partial charge on any atom is 0.410 e. The number of carbonyl (C=O) groups excluding carboxylic acids is 5. The van der Waals surface area contributed by atoms with E-state index < -0.39 is 58.8 Å². The third-order valence-corrected chi connectivity index (χ3v) is 9.25. The number of fused-ring (bicyclic) bond motifs is 3. The van der Waals surface area contributed by atoms with Crippen LogP contribution in [-0.2, 0) is 37.0 Å². The highest BCUT2D eigenvalue weighted by Crippen LogP contribution is 2.45. The average molecular weight is 637 g/mol. The summed E-state index contributed by atoms with van der Waals surface area (Å²) in [6.45, 7) is 5.32. The Morgan fingerprint density at radius 3 is 2.65 bits per heavy atom. The molecule has 1 aliphatic carbocycles. The molecule has 1 aromatic rings. The number of rotatable bonds is 3. The highest BCUT2D eigenvalue weighted by Gasteiger charge is 2.61. The Labute approximate surface area is 267 Å². The van der Waals surface area contributed by atoms with Crippen LogP contribution in [0.1, 0.15) is 76.8 Å². The number of hydrogen-bond acceptors (Lipinski definition) is 7. The first-order valence-corrected chi connectivity index (χ1v) is 15.9. The predicted octanol–water partition coefficient (Wildman–Crippen LogP) is 2.77. The van der Waals surface area contributed by atoms with Crippen LogP contribution in [0.4, 0.5) is 9.18 Å². The van der Waals surface area contributed by atoms with Gasteiger partial charge < -0.3 is 20.3 Å². The summed E-state index contributed by atoms with van der Waals surface area (Å²) in [5.74, 6) is -2.80. The van der Waals surface area contributed by atoms with Gasteiger partial charge in [-0.15, -0.1) is 0 Å². The van der Waals surface area contributed by atoms with Gasteiger partial charge in [0.05, 0.1) is 13.1 Å². The van der Waals surface area contributed by atoms with Crippen molar-refractivity contribution in [2.45, 2.75) is 103 Å². The molecule has 0 radical (unpaired) electrons. The number of nitriles is 1. The molecule has 1 saturated heterocycles. The van der Waals surface area contributed by atoms with E-state index in [0.29, 0.717) is 24.0 Å². The van der Waals surface area contributed by atoms with Gasteiger partial charge >= 0.3 is 6.09 Å². The third-order valence-electron chi connectivity index (χ3n) is 9.25. The molecule has 5 atom stereocenters. The van der Waals surface area contributed by atoms with Crippen molar-refractivity contribution in [3.05, 3.63) is 47.3 Å². The van der Waals surface area contributed by atoms with E-state index in [2.05, 4.69) is 16.0 Å². The molecule has 0 aromatic heterocycles. The van der Waals surface area contributed by atoms with Crippen molar-refractivity contribution in [3.8, 4) is 6.19 Å². The number of ether oxygens (including phenoxy) is 1. The van der Waals surface area contributed by atoms with Crippen molar-refractivity contribution in [2.75, 3.05) is 6.54 Å². The predicted molar refractivity (Wildman–Crippen MR) is 162 cm³/mol. The minimum absolute atomic E-state index is 0.0342. The second-order valence-electron chi connectivity index (χ2n) is 13.7. The van der Waals surface area contributed by atoms with Crippen LogP contribution in [0.15, 0.2) is 30.4 Å². The van der Waals surface area contributed by atoms with Gasteiger partial charge in [0, 0.05) is 29.9 Å². The average Bonchev–Trinajstić information content (AvgIpc) is 3.30. The van der Waals surface area contributed by atoms with E-state index in [0.717, 1.165) is 19.3 Å². The van der Waals surface area contributed by atoms with E-state index in [-0.39, 0.29) is 44.3 Å². The number of halogens is 1. The molecule has 5 amide bonds. The maximum atomic E-state index is 14.3. The van der Waals surface area contributed by atoms with Crippen molar-refractivity contribution in [2.24, 2.45) is 11.3 Å². The summed E-state index contributed by atoms with van der Waals surface area (Å²) in [6.07, 6.45) is 7.51. The molecule has 3 heterocycles. The van der Waals surface area contributed by atoms with Gasteiger partial charge in [-0.2, -0.15) is 5.26 Å². The van der Waals surface area contributed by atoms with Gasteiger partial charge in [0.1, 0.15) is 29.5 Å². The van der Waals surface area contributed by atoms with Crippen LogP contribution in [0.5, 0.6) is 0 Å². The molecule has 46 heavy (non-hydrogen) atoms. The zero-order valence-corrected chi connectivity index (χ0v) is 26.4. The first-order chi connectivity index (χ1) is 21.8. The molecule has 0 bridgehead atoms. The summed E-state index contributed by atoms with van der Waals surface area (Å²) in [4.78, 5) is 70.0. The van der Waals surface area contributed by atoms with Crippen LogP contribution < -0.4 is 16.0 Å². The van der Waals surface area contributed by atoms with Crippen molar-refractivity contribution in [3.63, 3.8) is 0 Å². The molecular weight excluding hydrogens is 595 g/mol. The van der Waals surface area contributed by atoms with Gasteiger partial charge in [-0.25, -0.2) is 9.18 Å². The zero-order valence-electron chi connectivity index (χ0n) is 26.4. The smallest absolute Gasteiger partial charge is 0.410 e. The van der Waals surface area contributed by atoms with Crippen molar-refractivity contribution in [1.29, 1.82) is 5.26 Å². The van der Waals surface area contributed by atoms with Gasteiger partial charge in [-0.05, 0) is 37.3 Å². The normalized spacial score (nSPS) is 28.0. The monoisotopic (exact) mass is 636 g/mol. The van der Waals surface area contributed by atoms with Crippen molar-refractivity contribution in [1.82, 2.24) is 25.8 Å². The summed E-state index contributed by atoms with van der Waals surface area (Å²) in [5, 5.41) is 17.0. The fourth-order valence-electron chi connectivity index (χ4n) is 6.43.